The van der Waals surface area contributed by atoms with E-state index in [-0.39, 0.29) is 11.7 Å². The Morgan fingerprint density at radius 3 is 2.70 bits per heavy atom. The Balaban J connectivity index is 2.35. The fraction of sp³-hybridized carbons (Fsp3) is 0.526. The molecule has 0 fully saturated rings. The Labute approximate surface area is 169 Å². The van der Waals surface area contributed by atoms with E-state index in [1.54, 1.807) is 12.1 Å². The Morgan fingerprint density at radius 2 is 2.11 bits per heavy atom. The van der Waals surface area contributed by atoms with Crippen LogP contribution in [0.5, 0.6) is 0 Å². The van der Waals surface area contributed by atoms with Crippen LogP contribution in [0.25, 0.3) is 0 Å². The molecule has 0 N–H and O–H groups in total. The maximum Gasteiger partial charge on any atom is 0.339 e. The van der Waals surface area contributed by atoms with Gasteiger partial charge in [-0.05, 0) is 21.7 Å². The van der Waals surface area contributed by atoms with E-state index in [0.29, 0.717) is 18.6 Å². The number of ether oxygens (including phenoxy) is 2. The third-order valence-corrected chi connectivity index (χ3v) is 7.73. The lowest BCUT2D eigenvalue weighted by Gasteiger charge is -2.36. The molecule has 0 saturated carbocycles. The number of unbranched alkanes of at least 4 members (excludes halogenated alkanes) is 1. The number of esters is 1. The Bertz CT molecular complexity index is 744. The molecule has 0 aromatic heterocycles. The molecule has 0 amide bonds. The van der Waals surface area contributed by atoms with Gasteiger partial charge in [-0.3, -0.25) is 10.1 Å². The quantitative estimate of drug-likeness (QED) is 0.183. The summed E-state index contributed by atoms with van der Waals surface area (Å²) in [4.78, 5) is 23.4. The average molecular weight is 456 g/mol. The molecule has 0 bridgehead atoms. The number of benzene rings is 1. The number of hydrogen-bond acceptors (Lipinski definition) is 5. The van der Waals surface area contributed by atoms with Crippen molar-refractivity contribution < 1.29 is 19.2 Å². The number of non-ortho nitro benzene ring substituents is 1. The standard InChI is InChI=1S/C19H26BrNO5Si/c1-5-6-10-25-19(22)17-18(27(2,3)4)15(20)12-16(26-17)13-8-7-9-14(11-13)21(23)24/h7-9,11,16-17H,5-6,10,12H2,1-4H3/t16-,17-/m1/s1. The van der Waals surface area contributed by atoms with Gasteiger partial charge in [0.2, 0.25) is 0 Å². The first-order valence-corrected chi connectivity index (χ1v) is 13.4. The van der Waals surface area contributed by atoms with Crippen LogP contribution in [0.15, 0.2) is 33.9 Å². The smallest absolute Gasteiger partial charge is 0.339 e. The van der Waals surface area contributed by atoms with E-state index in [1.807, 2.05) is 6.92 Å². The molecule has 2 atom stereocenters. The summed E-state index contributed by atoms with van der Waals surface area (Å²) in [5.74, 6) is -0.382. The number of nitro groups is 1. The molecule has 6 nitrogen and oxygen atoms in total. The second-order valence-corrected chi connectivity index (χ2v) is 13.6. The van der Waals surface area contributed by atoms with Crippen molar-refractivity contribution >= 4 is 35.7 Å². The largest absolute Gasteiger partial charge is 0.464 e. The van der Waals surface area contributed by atoms with Crippen molar-refractivity contribution in [1.29, 1.82) is 0 Å². The van der Waals surface area contributed by atoms with Crippen molar-refractivity contribution in [3.63, 3.8) is 0 Å². The van der Waals surface area contributed by atoms with Crippen LogP contribution < -0.4 is 0 Å². The molecule has 0 spiro atoms. The van der Waals surface area contributed by atoms with Crippen LogP contribution in [-0.2, 0) is 14.3 Å². The second-order valence-electron chi connectivity index (χ2n) is 7.65. The van der Waals surface area contributed by atoms with Gasteiger partial charge < -0.3 is 9.47 Å². The average Bonchev–Trinajstić information content (AvgIpc) is 2.60. The maximum absolute atomic E-state index is 12.7. The van der Waals surface area contributed by atoms with Gasteiger partial charge in [-0.25, -0.2) is 4.79 Å². The molecule has 0 saturated heterocycles. The Morgan fingerprint density at radius 1 is 1.41 bits per heavy atom. The Hall–Kier alpha value is -1.51. The van der Waals surface area contributed by atoms with E-state index in [1.165, 1.54) is 12.1 Å². The molecule has 0 aliphatic carbocycles. The van der Waals surface area contributed by atoms with E-state index in [4.69, 9.17) is 9.47 Å². The van der Waals surface area contributed by atoms with Gasteiger partial charge in [0.1, 0.15) is 0 Å². The molecule has 1 aromatic rings. The maximum atomic E-state index is 12.7. The number of carbonyl (C=O) groups excluding carboxylic acids is 1. The zero-order valence-electron chi connectivity index (χ0n) is 16.2. The number of carbonyl (C=O) groups is 1. The molecule has 148 valence electrons. The van der Waals surface area contributed by atoms with Crippen LogP contribution in [-0.4, -0.2) is 31.7 Å². The first kappa shape index (κ1) is 21.8. The molecule has 1 aliphatic heterocycles. The van der Waals surface area contributed by atoms with Gasteiger partial charge in [0, 0.05) is 18.6 Å². The van der Waals surface area contributed by atoms with Gasteiger partial charge in [-0.15, -0.1) is 0 Å². The van der Waals surface area contributed by atoms with Crippen molar-refractivity contribution in [2.24, 2.45) is 0 Å². The minimum absolute atomic E-state index is 0.00858. The number of nitro benzene ring substituents is 1. The topological polar surface area (TPSA) is 78.7 Å². The summed E-state index contributed by atoms with van der Waals surface area (Å²) in [5, 5.41) is 12.1. The van der Waals surface area contributed by atoms with Crippen LogP contribution in [0.4, 0.5) is 5.69 Å². The number of halogens is 1. The fourth-order valence-electron chi connectivity index (χ4n) is 3.10. The van der Waals surface area contributed by atoms with E-state index >= 15 is 0 Å². The van der Waals surface area contributed by atoms with Gasteiger partial charge >= 0.3 is 5.97 Å². The normalized spacial score (nSPS) is 20.5. The van der Waals surface area contributed by atoms with E-state index in [0.717, 1.165) is 22.5 Å². The van der Waals surface area contributed by atoms with Crippen LogP contribution >= 0.6 is 15.9 Å². The van der Waals surface area contributed by atoms with Crippen molar-refractivity contribution in [2.75, 3.05) is 6.61 Å². The highest BCUT2D eigenvalue weighted by Crippen LogP contribution is 2.42. The third-order valence-electron chi connectivity index (χ3n) is 4.44. The fourth-order valence-corrected chi connectivity index (χ4v) is 7.27. The monoisotopic (exact) mass is 455 g/mol. The van der Waals surface area contributed by atoms with Gasteiger partial charge in [-0.1, -0.05) is 61.0 Å². The van der Waals surface area contributed by atoms with Gasteiger partial charge in [-0.2, -0.15) is 0 Å². The summed E-state index contributed by atoms with van der Waals surface area (Å²) >= 11 is 3.66. The minimum Gasteiger partial charge on any atom is -0.464 e. The molecule has 1 aromatic carbocycles. The highest BCUT2D eigenvalue weighted by molar-refractivity contribution is 9.11. The molecule has 0 radical (unpaired) electrons. The first-order chi connectivity index (χ1) is 12.6. The van der Waals surface area contributed by atoms with E-state index < -0.39 is 25.2 Å². The third kappa shape index (κ3) is 5.49. The lowest BCUT2D eigenvalue weighted by Crippen LogP contribution is -2.43. The summed E-state index contributed by atoms with van der Waals surface area (Å²) in [6.45, 7) is 8.88. The van der Waals surface area contributed by atoms with Crippen LogP contribution in [0.1, 0.15) is 37.9 Å². The zero-order chi connectivity index (χ0) is 20.2. The summed E-state index contributed by atoms with van der Waals surface area (Å²) in [5.41, 5.74) is 0.691. The summed E-state index contributed by atoms with van der Waals surface area (Å²) < 4.78 is 12.5. The van der Waals surface area contributed by atoms with Crippen molar-refractivity contribution in [2.45, 2.75) is 58.0 Å². The minimum atomic E-state index is -1.85. The summed E-state index contributed by atoms with van der Waals surface area (Å²) in [6, 6.07) is 6.37. The van der Waals surface area contributed by atoms with Crippen LogP contribution in [0, 0.1) is 10.1 Å². The van der Waals surface area contributed by atoms with Gasteiger partial charge in [0.05, 0.1) is 25.7 Å². The van der Waals surface area contributed by atoms with Crippen molar-refractivity contribution in [3.05, 3.63) is 49.6 Å². The molecular formula is C19H26BrNO5Si. The molecular weight excluding hydrogens is 430 g/mol. The highest BCUT2D eigenvalue weighted by Gasteiger charge is 2.41. The molecule has 0 unspecified atom stereocenters. The van der Waals surface area contributed by atoms with E-state index in [2.05, 4.69) is 35.6 Å². The molecule has 2 rings (SSSR count). The molecule has 1 aliphatic rings. The van der Waals surface area contributed by atoms with Gasteiger partial charge in [0.25, 0.3) is 5.69 Å². The van der Waals surface area contributed by atoms with Crippen molar-refractivity contribution in [1.82, 2.24) is 0 Å². The second kappa shape index (κ2) is 9.12. The predicted octanol–water partition coefficient (Wildman–Crippen LogP) is 5.29. The number of nitrogens with zero attached hydrogens (tertiary/aromatic N) is 1. The molecule has 1 heterocycles. The van der Waals surface area contributed by atoms with Crippen LogP contribution in [0.2, 0.25) is 19.6 Å². The first-order valence-electron chi connectivity index (χ1n) is 9.10. The Kier molecular flexibility index (Phi) is 7.36. The summed E-state index contributed by atoms with van der Waals surface area (Å²) in [7, 11) is -1.85. The van der Waals surface area contributed by atoms with Crippen LogP contribution in [0.3, 0.4) is 0 Å². The zero-order valence-corrected chi connectivity index (χ0v) is 18.7. The molecule has 27 heavy (non-hydrogen) atoms. The number of hydrogen-bond donors (Lipinski definition) is 0. The lowest BCUT2D eigenvalue weighted by atomic mass is 10.0. The summed E-state index contributed by atoms with van der Waals surface area (Å²) in [6.07, 6.45) is 1.07. The van der Waals surface area contributed by atoms with Crippen molar-refractivity contribution in [3.8, 4) is 0 Å². The van der Waals surface area contributed by atoms with Gasteiger partial charge in [0.15, 0.2) is 6.10 Å². The van der Waals surface area contributed by atoms with E-state index in [9.17, 15) is 14.9 Å². The highest BCUT2D eigenvalue weighted by atomic mass is 79.9. The SMILES string of the molecule is CCCCOC(=O)[C@@H]1O[C@@H](c2cccc([N+](=O)[O-])c2)CC(Br)=C1[Si](C)(C)C. The number of rotatable bonds is 7. The molecule has 8 heteroatoms. The lowest BCUT2D eigenvalue weighted by molar-refractivity contribution is -0.385. The predicted molar refractivity (Wildman–Crippen MR) is 110 cm³/mol.